The smallest absolute Gasteiger partial charge is 0.389 e. The Hall–Kier alpha value is -1.10. The van der Waals surface area contributed by atoms with Crippen molar-refractivity contribution in [3.05, 3.63) is 29.6 Å². The largest absolute Gasteiger partial charge is 0.416 e. The van der Waals surface area contributed by atoms with Gasteiger partial charge in [-0.2, -0.15) is 13.2 Å². The predicted molar refractivity (Wildman–Crippen MR) is 56.4 cm³/mol. The average Bonchev–Trinajstić information content (AvgIpc) is 2.64. The molecule has 1 aliphatic carbocycles. The SMILES string of the molecule is OC1(Cc2cc(C(F)(F)F)ccn2)CCCC1. The quantitative estimate of drug-likeness (QED) is 0.869. The van der Waals surface area contributed by atoms with E-state index >= 15 is 0 Å². The van der Waals surface area contributed by atoms with Gasteiger partial charge in [0, 0.05) is 18.3 Å². The summed E-state index contributed by atoms with van der Waals surface area (Å²) < 4.78 is 37.5. The fourth-order valence-electron chi connectivity index (χ4n) is 2.30. The van der Waals surface area contributed by atoms with Gasteiger partial charge in [-0.15, -0.1) is 0 Å². The van der Waals surface area contributed by atoms with E-state index in [2.05, 4.69) is 4.98 Å². The number of halogens is 3. The summed E-state index contributed by atoms with van der Waals surface area (Å²) in [5.74, 6) is 0. The van der Waals surface area contributed by atoms with Crippen molar-refractivity contribution in [1.82, 2.24) is 4.98 Å². The maximum Gasteiger partial charge on any atom is 0.416 e. The van der Waals surface area contributed by atoms with E-state index in [0.717, 1.165) is 31.2 Å². The third kappa shape index (κ3) is 2.97. The first-order chi connectivity index (χ1) is 7.89. The maximum atomic E-state index is 12.5. The maximum absolute atomic E-state index is 12.5. The Labute approximate surface area is 97.5 Å². The number of hydrogen-bond acceptors (Lipinski definition) is 2. The zero-order chi connectivity index (χ0) is 12.5. The Morgan fingerprint density at radius 2 is 1.94 bits per heavy atom. The monoisotopic (exact) mass is 245 g/mol. The van der Waals surface area contributed by atoms with E-state index in [1.807, 2.05) is 0 Å². The number of aromatic nitrogens is 1. The minimum absolute atomic E-state index is 0.205. The lowest BCUT2D eigenvalue weighted by atomic mass is 9.95. The third-order valence-electron chi connectivity index (χ3n) is 3.19. The highest BCUT2D eigenvalue weighted by Crippen LogP contribution is 2.34. The van der Waals surface area contributed by atoms with E-state index in [1.54, 1.807) is 0 Å². The van der Waals surface area contributed by atoms with E-state index in [0.29, 0.717) is 18.5 Å². The van der Waals surface area contributed by atoms with Crippen LogP contribution in [0.1, 0.15) is 36.9 Å². The number of nitrogens with zero attached hydrogens (tertiary/aromatic N) is 1. The molecule has 2 nitrogen and oxygen atoms in total. The van der Waals surface area contributed by atoms with Gasteiger partial charge in [-0.25, -0.2) is 0 Å². The molecule has 0 atom stereocenters. The van der Waals surface area contributed by atoms with Crippen LogP contribution in [-0.4, -0.2) is 15.7 Å². The number of hydrogen-bond donors (Lipinski definition) is 1. The number of pyridine rings is 1. The molecule has 1 heterocycles. The van der Waals surface area contributed by atoms with Crippen molar-refractivity contribution >= 4 is 0 Å². The Kier molecular flexibility index (Phi) is 3.12. The zero-order valence-corrected chi connectivity index (χ0v) is 9.30. The van der Waals surface area contributed by atoms with Crippen LogP contribution >= 0.6 is 0 Å². The summed E-state index contributed by atoms with van der Waals surface area (Å²) in [5, 5.41) is 10.1. The summed E-state index contributed by atoms with van der Waals surface area (Å²) in [6, 6.07) is 1.97. The summed E-state index contributed by atoms with van der Waals surface area (Å²) in [5.41, 5.74) is -1.26. The molecule has 0 amide bonds. The minimum Gasteiger partial charge on any atom is -0.389 e. The van der Waals surface area contributed by atoms with Crippen molar-refractivity contribution in [2.24, 2.45) is 0 Å². The first-order valence-electron chi connectivity index (χ1n) is 5.64. The summed E-state index contributed by atoms with van der Waals surface area (Å²) in [4.78, 5) is 3.90. The first-order valence-corrected chi connectivity index (χ1v) is 5.64. The van der Waals surface area contributed by atoms with E-state index in [9.17, 15) is 18.3 Å². The molecule has 1 fully saturated rings. The summed E-state index contributed by atoms with van der Waals surface area (Å²) >= 11 is 0. The number of rotatable bonds is 2. The fourth-order valence-corrected chi connectivity index (χ4v) is 2.30. The van der Waals surface area contributed by atoms with Gasteiger partial charge in [0.15, 0.2) is 0 Å². The predicted octanol–water partition coefficient (Wildman–Crippen LogP) is 2.95. The van der Waals surface area contributed by atoms with Gasteiger partial charge in [0.2, 0.25) is 0 Å². The molecular formula is C12H14F3NO. The second-order valence-corrected chi connectivity index (χ2v) is 4.64. The van der Waals surface area contributed by atoms with Crippen LogP contribution < -0.4 is 0 Å². The molecule has 0 aliphatic heterocycles. The topological polar surface area (TPSA) is 33.1 Å². The second-order valence-electron chi connectivity index (χ2n) is 4.64. The molecule has 0 bridgehead atoms. The van der Waals surface area contributed by atoms with Gasteiger partial charge in [0.25, 0.3) is 0 Å². The van der Waals surface area contributed by atoms with Crippen LogP contribution in [-0.2, 0) is 12.6 Å². The summed E-state index contributed by atoms with van der Waals surface area (Å²) in [6.45, 7) is 0. The summed E-state index contributed by atoms with van der Waals surface area (Å²) in [7, 11) is 0. The Bertz CT molecular complexity index is 397. The van der Waals surface area contributed by atoms with Gasteiger partial charge in [-0.1, -0.05) is 12.8 Å². The molecule has 0 aromatic carbocycles. The van der Waals surface area contributed by atoms with E-state index < -0.39 is 17.3 Å². The molecule has 1 aromatic heterocycles. The molecule has 1 N–H and O–H groups in total. The standard InChI is InChI=1S/C12H14F3NO/c13-12(14,15)9-3-6-16-10(7-9)8-11(17)4-1-2-5-11/h3,6-7,17H,1-2,4-5,8H2. The first kappa shape index (κ1) is 12.4. The molecular weight excluding hydrogens is 231 g/mol. The average molecular weight is 245 g/mol. The lowest BCUT2D eigenvalue weighted by Crippen LogP contribution is -2.27. The molecule has 0 unspecified atom stereocenters. The van der Waals surface area contributed by atoms with Gasteiger partial charge >= 0.3 is 6.18 Å². The van der Waals surface area contributed by atoms with Gasteiger partial charge in [0.05, 0.1) is 11.2 Å². The van der Waals surface area contributed by atoms with Crippen molar-refractivity contribution in [3.8, 4) is 0 Å². The van der Waals surface area contributed by atoms with E-state index in [-0.39, 0.29) is 6.42 Å². The van der Waals surface area contributed by atoms with E-state index in [1.165, 1.54) is 0 Å². The third-order valence-corrected chi connectivity index (χ3v) is 3.19. The molecule has 5 heteroatoms. The fraction of sp³-hybridized carbons (Fsp3) is 0.583. The Morgan fingerprint density at radius 1 is 1.29 bits per heavy atom. The van der Waals surface area contributed by atoms with Gasteiger partial charge in [0.1, 0.15) is 0 Å². The Morgan fingerprint density at radius 3 is 2.53 bits per heavy atom. The van der Waals surface area contributed by atoms with Crippen LogP contribution in [0.5, 0.6) is 0 Å². The minimum atomic E-state index is -4.35. The van der Waals surface area contributed by atoms with Gasteiger partial charge in [-0.3, -0.25) is 4.98 Å². The van der Waals surface area contributed by atoms with Crippen molar-refractivity contribution in [1.29, 1.82) is 0 Å². The van der Waals surface area contributed by atoms with Crippen LogP contribution in [0, 0.1) is 0 Å². The summed E-state index contributed by atoms with van der Waals surface area (Å²) in [6.07, 6.45) is 0.143. The molecule has 1 aromatic rings. The lowest BCUT2D eigenvalue weighted by molar-refractivity contribution is -0.137. The highest BCUT2D eigenvalue weighted by molar-refractivity contribution is 5.20. The van der Waals surface area contributed by atoms with Crippen molar-refractivity contribution in [2.45, 2.75) is 43.9 Å². The van der Waals surface area contributed by atoms with Crippen LogP contribution in [0.25, 0.3) is 0 Å². The zero-order valence-electron chi connectivity index (χ0n) is 9.30. The molecule has 0 spiro atoms. The molecule has 2 rings (SSSR count). The highest BCUT2D eigenvalue weighted by Gasteiger charge is 2.34. The lowest BCUT2D eigenvalue weighted by Gasteiger charge is -2.21. The van der Waals surface area contributed by atoms with Crippen LogP contribution in [0.15, 0.2) is 18.3 Å². The number of alkyl halides is 3. The highest BCUT2D eigenvalue weighted by atomic mass is 19.4. The number of aliphatic hydroxyl groups is 1. The Balaban J connectivity index is 2.17. The van der Waals surface area contributed by atoms with Crippen LogP contribution in [0.4, 0.5) is 13.2 Å². The molecule has 1 saturated carbocycles. The molecule has 0 radical (unpaired) electrons. The van der Waals surface area contributed by atoms with Crippen molar-refractivity contribution in [3.63, 3.8) is 0 Å². The molecule has 94 valence electrons. The normalized spacial score (nSPS) is 19.5. The van der Waals surface area contributed by atoms with Crippen molar-refractivity contribution < 1.29 is 18.3 Å². The van der Waals surface area contributed by atoms with E-state index in [4.69, 9.17) is 0 Å². The van der Waals surface area contributed by atoms with Crippen LogP contribution in [0.2, 0.25) is 0 Å². The van der Waals surface area contributed by atoms with Crippen molar-refractivity contribution in [2.75, 3.05) is 0 Å². The van der Waals surface area contributed by atoms with Gasteiger partial charge < -0.3 is 5.11 Å². The molecule has 17 heavy (non-hydrogen) atoms. The molecule has 1 aliphatic rings. The van der Waals surface area contributed by atoms with Gasteiger partial charge in [-0.05, 0) is 25.0 Å². The van der Waals surface area contributed by atoms with Crippen LogP contribution in [0.3, 0.4) is 0 Å². The molecule has 0 saturated heterocycles. The second kappa shape index (κ2) is 4.29.